The summed E-state index contributed by atoms with van der Waals surface area (Å²) in [7, 11) is 0. The number of alkyl halides is 3. The second-order valence-corrected chi connectivity index (χ2v) is 6.88. The number of nitrogens with one attached hydrogen (secondary N) is 1. The molecule has 0 radical (unpaired) electrons. The number of hydrogen-bond acceptors (Lipinski definition) is 3. The maximum absolute atomic E-state index is 12.9. The van der Waals surface area contributed by atoms with Gasteiger partial charge < -0.3 is 15.3 Å². The third kappa shape index (κ3) is 6.93. The Labute approximate surface area is 186 Å². The van der Waals surface area contributed by atoms with Gasteiger partial charge in [-0.15, -0.1) is 24.0 Å². The van der Waals surface area contributed by atoms with E-state index in [1.54, 1.807) is 24.3 Å². The molecule has 1 aromatic carbocycles. The van der Waals surface area contributed by atoms with E-state index in [-0.39, 0.29) is 30.5 Å². The molecule has 10 heteroatoms. The van der Waals surface area contributed by atoms with Crippen LogP contribution < -0.4 is 5.32 Å². The molecule has 160 valence electrons. The van der Waals surface area contributed by atoms with Crippen LogP contribution in [-0.4, -0.2) is 72.4 Å². The molecule has 1 fully saturated rings. The molecule has 5 nitrogen and oxygen atoms in total. The Hall–Kier alpha value is -0.780. The number of aliphatic imine (C=N–C) groups is 1. The maximum atomic E-state index is 12.9. The second kappa shape index (κ2) is 11.4. The summed E-state index contributed by atoms with van der Waals surface area (Å²) in [5, 5.41) is 14.0. The molecule has 1 heterocycles. The predicted molar refractivity (Wildman–Crippen MR) is 116 cm³/mol. The van der Waals surface area contributed by atoms with Crippen LogP contribution in [0.1, 0.15) is 25.5 Å². The van der Waals surface area contributed by atoms with E-state index < -0.39 is 18.3 Å². The van der Waals surface area contributed by atoms with Crippen molar-refractivity contribution in [1.82, 2.24) is 15.1 Å². The van der Waals surface area contributed by atoms with Crippen LogP contribution in [-0.2, 0) is 0 Å². The van der Waals surface area contributed by atoms with Crippen molar-refractivity contribution in [3.05, 3.63) is 34.9 Å². The Bertz CT molecular complexity index is 640. The average Bonchev–Trinajstić information content (AvgIpc) is 2.64. The summed E-state index contributed by atoms with van der Waals surface area (Å²) in [5.74, 6) is 0.586. The molecule has 0 saturated carbocycles. The van der Waals surface area contributed by atoms with E-state index in [0.29, 0.717) is 49.3 Å². The number of piperazine rings is 1. The summed E-state index contributed by atoms with van der Waals surface area (Å²) in [5.41, 5.74) is 0.600. The zero-order valence-electron chi connectivity index (χ0n) is 15.9. The molecular weight excluding hydrogens is 508 g/mol. The van der Waals surface area contributed by atoms with Gasteiger partial charge >= 0.3 is 6.18 Å². The molecule has 2 atom stereocenters. The largest absolute Gasteiger partial charge is 0.403 e. The minimum atomic E-state index is -4.22. The quantitative estimate of drug-likeness (QED) is 0.345. The van der Waals surface area contributed by atoms with Crippen LogP contribution in [0.4, 0.5) is 13.2 Å². The van der Waals surface area contributed by atoms with Crippen molar-refractivity contribution in [3.8, 4) is 0 Å². The highest BCUT2D eigenvalue weighted by Crippen LogP contribution is 2.25. The van der Waals surface area contributed by atoms with Gasteiger partial charge in [-0.3, -0.25) is 9.89 Å². The van der Waals surface area contributed by atoms with Gasteiger partial charge in [0.25, 0.3) is 0 Å². The summed E-state index contributed by atoms with van der Waals surface area (Å²) in [6.45, 7) is 5.33. The molecule has 0 spiro atoms. The van der Waals surface area contributed by atoms with Gasteiger partial charge in [-0.25, -0.2) is 0 Å². The lowest BCUT2D eigenvalue weighted by molar-refractivity contribution is -0.181. The monoisotopic (exact) mass is 534 g/mol. The number of nitrogens with zero attached hydrogens (tertiary/aromatic N) is 3. The van der Waals surface area contributed by atoms with Crippen LogP contribution >= 0.6 is 35.6 Å². The van der Waals surface area contributed by atoms with Crippen LogP contribution in [0.2, 0.25) is 5.02 Å². The molecule has 0 aliphatic carbocycles. The molecule has 28 heavy (non-hydrogen) atoms. The Kier molecular flexibility index (Phi) is 10.3. The number of aliphatic hydroxyl groups excluding tert-OH is 1. The smallest absolute Gasteiger partial charge is 0.386 e. The van der Waals surface area contributed by atoms with Gasteiger partial charge in [0.1, 0.15) is 12.1 Å². The summed E-state index contributed by atoms with van der Waals surface area (Å²) in [6.07, 6.45) is -5.07. The lowest BCUT2D eigenvalue weighted by atomic mass is 10.1. The van der Waals surface area contributed by atoms with E-state index in [2.05, 4.69) is 10.3 Å². The van der Waals surface area contributed by atoms with Crippen LogP contribution in [0.15, 0.2) is 29.3 Å². The van der Waals surface area contributed by atoms with E-state index in [1.165, 1.54) is 11.8 Å². The van der Waals surface area contributed by atoms with Crippen LogP contribution in [0.25, 0.3) is 0 Å². The van der Waals surface area contributed by atoms with Gasteiger partial charge in [-0.1, -0.05) is 29.8 Å². The Morgan fingerprint density at radius 2 is 1.86 bits per heavy atom. The van der Waals surface area contributed by atoms with Crippen molar-refractivity contribution in [2.45, 2.75) is 32.2 Å². The van der Waals surface area contributed by atoms with Crippen molar-refractivity contribution < 1.29 is 18.3 Å². The van der Waals surface area contributed by atoms with Gasteiger partial charge in [0, 0.05) is 43.3 Å². The topological polar surface area (TPSA) is 51.1 Å². The lowest BCUT2D eigenvalue weighted by Crippen LogP contribution is -2.56. The highest BCUT2D eigenvalue weighted by molar-refractivity contribution is 14.0. The molecule has 0 aromatic heterocycles. The fourth-order valence-electron chi connectivity index (χ4n) is 2.97. The number of hydrogen-bond donors (Lipinski definition) is 2. The van der Waals surface area contributed by atoms with Gasteiger partial charge in [0.05, 0.1) is 6.54 Å². The maximum Gasteiger partial charge on any atom is 0.403 e. The molecule has 1 aliphatic rings. The predicted octanol–water partition coefficient (Wildman–Crippen LogP) is 3.53. The van der Waals surface area contributed by atoms with Gasteiger partial charge in [-0.05, 0) is 19.9 Å². The number of halogens is 5. The molecule has 2 unspecified atom stereocenters. The molecule has 2 rings (SSSR count). The second-order valence-electron chi connectivity index (χ2n) is 6.47. The Morgan fingerprint density at radius 1 is 1.25 bits per heavy atom. The first kappa shape index (κ1) is 25.3. The normalized spacial score (nSPS) is 18.4. The fourth-order valence-corrected chi connectivity index (χ4v) is 3.23. The van der Waals surface area contributed by atoms with Crippen molar-refractivity contribution in [2.75, 3.05) is 39.3 Å². The van der Waals surface area contributed by atoms with Crippen molar-refractivity contribution in [3.63, 3.8) is 0 Å². The molecule has 1 saturated heterocycles. The third-order valence-electron chi connectivity index (χ3n) is 4.65. The first-order chi connectivity index (χ1) is 12.7. The van der Waals surface area contributed by atoms with Crippen molar-refractivity contribution in [1.29, 1.82) is 0 Å². The molecule has 0 amide bonds. The first-order valence-corrected chi connectivity index (χ1v) is 9.38. The summed E-state index contributed by atoms with van der Waals surface area (Å²) in [4.78, 5) is 7.80. The molecule has 1 aliphatic heterocycles. The molecular formula is C18H27ClF3IN4O. The lowest BCUT2D eigenvalue weighted by Gasteiger charge is -2.39. The van der Waals surface area contributed by atoms with E-state index in [1.807, 2.05) is 11.8 Å². The minimum absolute atomic E-state index is 0. The SMILES string of the molecule is CCNC(=NCC(O)c1ccccc1Cl)N1CCN(C(C)C(F)(F)F)CC1.I. The third-order valence-corrected chi connectivity index (χ3v) is 4.99. The summed E-state index contributed by atoms with van der Waals surface area (Å²) < 4.78 is 38.7. The van der Waals surface area contributed by atoms with Crippen LogP contribution in [0.3, 0.4) is 0 Å². The highest BCUT2D eigenvalue weighted by Gasteiger charge is 2.41. The Balaban J connectivity index is 0.00000392. The van der Waals surface area contributed by atoms with Gasteiger partial charge in [-0.2, -0.15) is 13.2 Å². The Morgan fingerprint density at radius 3 is 2.39 bits per heavy atom. The standard InChI is InChI=1S/C18H26ClF3N4O.HI/c1-3-23-17(24-12-16(27)14-6-4-5-7-15(14)19)26-10-8-25(9-11-26)13(2)18(20,21)22;/h4-7,13,16,27H,3,8-12H2,1-2H3,(H,23,24);1H. The molecule has 2 N–H and O–H groups in total. The average molecular weight is 535 g/mol. The zero-order valence-corrected chi connectivity index (χ0v) is 19.0. The van der Waals surface area contributed by atoms with E-state index in [4.69, 9.17) is 11.6 Å². The summed E-state index contributed by atoms with van der Waals surface area (Å²) >= 11 is 6.09. The first-order valence-electron chi connectivity index (χ1n) is 9.00. The van der Waals surface area contributed by atoms with E-state index in [0.717, 1.165) is 0 Å². The number of guanidine groups is 1. The van der Waals surface area contributed by atoms with Gasteiger partial charge in [0.15, 0.2) is 5.96 Å². The van der Waals surface area contributed by atoms with Crippen molar-refractivity contribution >= 4 is 41.5 Å². The van der Waals surface area contributed by atoms with Crippen LogP contribution in [0, 0.1) is 0 Å². The van der Waals surface area contributed by atoms with E-state index >= 15 is 0 Å². The highest BCUT2D eigenvalue weighted by atomic mass is 127. The fraction of sp³-hybridized carbons (Fsp3) is 0.611. The number of benzene rings is 1. The number of rotatable bonds is 5. The van der Waals surface area contributed by atoms with E-state index in [9.17, 15) is 18.3 Å². The van der Waals surface area contributed by atoms with Crippen molar-refractivity contribution in [2.24, 2.45) is 4.99 Å². The summed E-state index contributed by atoms with van der Waals surface area (Å²) in [6, 6.07) is 5.57. The molecule has 0 bridgehead atoms. The number of aliphatic hydroxyl groups is 1. The van der Waals surface area contributed by atoms with Gasteiger partial charge in [0.2, 0.25) is 0 Å². The van der Waals surface area contributed by atoms with Crippen LogP contribution in [0.5, 0.6) is 0 Å². The minimum Gasteiger partial charge on any atom is -0.386 e. The zero-order chi connectivity index (χ0) is 20.0. The molecule has 1 aromatic rings.